The summed E-state index contributed by atoms with van der Waals surface area (Å²) in [6, 6.07) is 0. The van der Waals surface area contributed by atoms with Crippen molar-refractivity contribution in [1.82, 2.24) is 0 Å². The van der Waals surface area contributed by atoms with Gasteiger partial charge in [0.1, 0.15) is 12.2 Å². The highest BCUT2D eigenvalue weighted by atomic mass is 16.6. The number of carbonyl (C=O) groups is 2. The topological polar surface area (TPSA) is 52.6 Å². The summed E-state index contributed by atoms with van der Waals surface area (Å²) in [6.45, 7) is 7.38. The largest absolute Gasteiger partial charge is 0.458 e. The Balaban J connectivity index is 2.29. The lowest BCUT2D eigenvalue weighted by molar-refractivity contribution is -0.145. The Kier molecular flexibility index (Phi) is 4.86. The van der Waals surface area contributed by atoms with Crippen LogP contribution in [0.1, 0.15) is 47.0 Å². The molecule has 0 N–H and O–H groups in total. The molecule has 4 nitrogen and oxygen atoms in total. The number of hydrogen-bond acceptors (Lipinski definition) is 4. The molecule has 21 heavy (non-hydrogen) atoms. The molecule has 116 valence electrons. The maximum Gasteiger partial charge on any atom is 0.309 e. The number of rotatable bonds is 1. The van der Waals surface area contributed by atoms with E-state index in [-0.39, 0.29) is 36.0 Å². The average Bonchev–Trinajstić information content (AvgIpc) is 2.64. The van der Waals surface area contributed by atoms with Crippen molar-refractivity contribution in [2.75, 3.05) is 0 Å². The predicted molar refractivity (Wildman–Crippen MR) is 79.5 cm³/mol. The fourth-order valence-corrected chi connectivity index (χ4v) is 3.08. The van der Waals surface area contributed by atoms with Crippen molar-refractivity contribution in [3.63, 3.8) is 0 Å². The zero-order chi connectivity index (χ0) is 15.6. The van der Waals surface area contributed by atoms with E-state index in [1.807, 2.05) is 13.8 Å². The van der Waals surface area contributed by atoms with E-state index >= 15 is 0 Å². The molecule has 0 unspecified atom stereocenters. The van der Waals surface area contributed by atoms with Crippen LogP contribution in [0.2, 0.25) is 0 Å². The maximum absolute atomic E-state index is 11.9. The second kappa shape index (κ2) is 6.46. The van der Waals surface area contributed by atoms with Gasteiger partial charge >= 0.3 is 11.9 Å². The van der Waals surface area contributed by atoms with Crippen LogP contribution in [-0.2, 0) is 19.1 Å². The molecule has 4 atom stereocenters. The molecule has 0 radical (unpaired) electrons. The van der Waals surface area contributed by atoms with Gasteiger partial charge in [-0.25, -0.2) is 0 Å². The average molecular weight is 292 g/mol. The third kappa shape index (κ3) is 3.74. The van der Waals surface area contributed by atoms with Crippen molar-refractivity contribution >= 4 is 11.9 Å². The van der Waals surface area contributed by atoms with Crippen LogP contribution in [0.15, 0.2) is 23.3 Å². The fourth-order valence-electron chi connectivity index (χ4n) is 3.08. The summed E-state index contributed by atoms with van der Waals surface area (Å²) in [6.07, 6.45) is 6.20. The minimum absolute atomic E-state index is 0.0539. The summed E-state index contributed by atoms with van der Waals surface area (Å²) >= 11 is 0. The highest BCUT2D eigenvalue weighted by Crippen LogP contribution is 2.36. The Morgan fingerprint density at radius 1 is 1.38 bits per heavy atom. The Labute approximate surface area is 126 Å². The number of carbonyl (C=O) groups excluding carboxylic acids is 2. The smallest absolute Gasteiger partial charge is 0.309 e. The van der Waals surface area contributed by atoms with E-state index in [0.29, 0.717) is 6.42 Å². The highest BCUT2D eigenvalue weighted by molar-refractivity contribution is 5.75. The molecule has 0 bridgehead atoms. The summed E-state index contributed by atoms with van der Waals surface area (Å²) in [5.74, 6) is -0.551. The minimum atomic E-state index is -0.286. The molecule has 0 saturated carbocycles. The van der Waals surface area contributed by atoms with E-state index in [1.165, 1.54) is 12.5 Å². The van der Waals surface area contributed by atoms with Gasteiger partial charge in [0.15, 0.2) is 0 Å². The van der Waals surface area contributed by atoms with Crippen LogP contribution in [0.25, 0.3) is 0 Å². The van der Waals surface area contributed by atoms with Gasteiger partial charge in [-0.15, -0.1) is 0 Å². The number of hydrogen-bond donors (Lipinski definition) is 0. The van der Waals surface area contributed by atoms with E-state index in [2.05, 4.69) is 19.1 Å². The molecule has 1 fully saturated rings. The van der Waals surface area contributed by atoms with E-state index in [0.717, 1.165) is 18.4 Å². The highest BCUT2D eigenvalue weighted by Gasteiger charge is 2.42. The van der Waals surface area contributed by atoms with Gasteiger partial charge in [0.25, 0.3) is 0 Å². The van der Waals surface area contributed by atoms with Crippen LogP contribution in [0.5, 0.6) is 0 Å². The Bertz CT molecular complexity index is 489. The number of esters is 2. The van der Waals surface area contributed by atoms with E-state index in [1.54, 1.807) is 0 Å². The monoisotopic (exact) mass is 292 g/mol. The van der Waals surface area contributed by atoms with Gasteiger partial charge in [0.2, 0.25) is 0 Å². The molecule has 1 saturated heterocycles. The number of allylic oxidation sites excluding steroid dienone is 2. The van der Waals surface area contributed by atoms with Gasteiger partial charge in [0, 0.05) is 12.8 Å². The minimum Gasteiger partial charge on any atom is -0.458 e. The first-order valence-electron chi connectivity index (χ1n) is 7.60. The molecule has 4 heteroatoms. The lowest BCUT2D eigenvalue weighted by Gasteiger charge is -2.25. The molecule has 0 spiro atoms. The first-order chi connectivity index (χ1) is 9.88. The maximum atomic E-state index is 11.9. The second-order valence-corrected chi connectivity index (χ2v) is 6.19. The second-order valence-electron chi connectivity index (χ2n) is 6.19. The quantitative estimate of drug-likeness (QED) is 0.550. The van der Waals surface area contributed by atoms with Gasteiger partial charge in [-0.1, -0.05) is 18.6 Å². The van der Waals surface area contributed by atoms with Crippen LogP contribution in [0, 0.1) is 11.8 Å². The Morgan fingerprint density at radius 2 is 2.10 bits per heavy atom. The molecular formula is C17H24O4. The lowest BCUT2D eigenvalue weighted by Crippen LogP contribution is -2.28. The normalized spacial score (nSPS) is 35.9. The summed E-state index contributed by atoms with van der Waals surface area (Å²) in [5, 5.41) is 0. The van der Waals surface area contributed by atoms with Gasteiger partial charge in [-0.3, -0.25) is 9.59 Å². The van der Waals surface area contributed by atoms with Gasteiger partial charge < -0.3 is 9.47 Å². The van der Waals surface area contributed by atoms with Crippen molar-refractivity contribution in [2.45, 2.75) is 59.2 Å². The predicted octanol–water partition coefficient (Wildman–Crippen LogP) is 3.17. The number of fused-ring (bicyclic) bond motifs is 1. The molecule has 2 aliphatic rings. The van der Waals surface area contributed by atoms with Gasteiger partial charge in [-0.05, 0) is 44.8 Å². The van der Waals surface area contributed by atoms with E-state index in [9.17, 15) is 9.59 Å². The molecule has 0 aromatic rings. The van der Waals surface area contributed by atoms with Crippen LogP contribution >= 0.6 is 0 Å². The van der Waals surface area contributed by atoms with Crippen molar-refractivity contribution in [3.05, 3.63) is 23.3 Å². The van der Waals surface area contributed by atoms with Crippen molar-refractivity contribution < 1.29 is 19.1 Å². The molecule has 2 rings (SSSR count). The zero-order valence-corrected chi connectivity index (χ0v) is 13.2. The molecule has 1 aliphatic heterocycles. The van der Waals surface area contributed by atoms with Gasteiger partial charge in [0.05, 0.1) is 5.92 Å². The van der Waals surface area contributed by atoms with Crippen LogP contribution in [-0.4, -0.2) is 24.1 Å². The SMILES string of the molecule is CC(=O)O[C@H]1C[C@H]2[C@H](C)C(=O)O[C@@H]2/C=C(\C)CCC=C1C. The van der Waals surface area contributed by atoms with E-state index < -0.39 is 0 Å². The first kappa shape index (κ1) is 15.8. The zero-order valence-electron chi connectivity index (χ0n) is 13.2. The summed E-state index contributed by atoms with van der Waals surface area (Å²) in [5.41, 5.74) is 2.30. The van der Waals surface area contributed by atoms with Gasteiger partial charge in [-0.2, -0.15) is 0 Å². The first-order valence-corrected chi connectivity index (χ1v) is 7.60. The van der Waals surface area contributed by atoms with Crippen molar-refractivity contribution in [2.24, 2.45) is 11.8 Å². The summed E-state index contributed by atoms with van der Waals surface area (Å²) in [7, 11) is 0. The molecule has 0 aromatic carbocycles. The lowest BCUT2D eigenvalue weighted by atomic mass is 9.83. The Hall–Kier alpha value is -1.58. The van der Waals surface area contributed by atoms with Crippen molar-refractivity contribution in [3.8, 4) is 0 Å². The summed E-state index contributed by atoms with van der Waals surface area (Å²) in [4.78, 5) is 23.2. The van der Waals surface area contributed by atoms with E-state index in [4.69, 9.17) is 9.47 Å². The molecule has 0 aromatic heterocycles. The Morgan fingerprint density at radius 3 is 2.76 bits per heavy atom. The third-order valence-corrected chi connectivity index (χ3v) is 4.44. The summed E-state index contributed by atoms with van der Waals surface area (Å²) < 4.78 is 11.0. The fraction of sp³-hybridized carbons (Fsp3) is 0.647. The van der Waals surface area contributed by atoms with Crippen LogP contribution < -0.4 is 0 Å². The molecule has 0 amide bonds. The van der Waals surface area contributed by atoms with Crippen LogP contribution in [0.4, 0.5) is 0 Å². The number of ether oxygens (including phenoxy) is 2. The molecular weight excluding hydrogens is 268 g/mol. The third-order valence-electron chi connectivity index (χ3n) is 4.44. The molecule has 1 aliphatic carbocycles. The standard InChI is InChI=1S/C17H24O4/c1-10-6-5-7-11(2)15(20-13(4)18)9-14-12(3)17(19)21-16(14)8-10/h7-8,12,14-16H,5-6,9H2,1-4H3/b10-8+,11-7?/t12-,14-,15-,16+/m0/s1. The van der Waals surface area contributed by atoms with Crippen LogP contribution in [0.3, 0.4) is 0 Å². The van der Waals surface area contributed by atoms with Crippen molar-refractivity contribution in [1.29, 1.82) is 0 Å². The molecule has 1 heterocycles.